The van der Waals surface area contributed by atoms with Gasteiger partial charge in [0.25, 0.3) is 0 Å². The standard InChI is InChI=1S/C25H33ClFN3O4S/c1-18(2)16-28-25(32)19(3)29(17-20-9-7-10-21(26)15-20)24(31)13-8-14-30(35(4,33)34)23-12-6-5-11-22(23)27/h5-7,9-12,15,18-19H,8,13-14,16-17H2,1-4H3,(H,28,32). The van der Waals surface area contributed by atoms with Crippen molar-refractivity contribution in [1.29, 1.82) is 0 Å². The maximum Gasteiger partial charge on any atom is 0.242 e. The van der Waals surface area contributed by atoms with E-state index < -0.39 is 21.9 Å². The molecule has 0 heterocycles. The number of halogens is 2. The van der Waals surface area contributed by atoms with Gasteiger partial charge in [0, 0.05) is 31.1 Å². The van der Waals surface area contributed by atoms with E-state index in [0.29, 0.717) is 11.6 Å². The van der Waals surface area contributed by atoms with Crippen molar-refractivity contribution < 1.29 is 22.4 Å². The molecule has 0 aromatic heterocycles. The molecule has 0 spiro atoms. The first-order valence-electron chi connectivity index (χ1n) is 11.4. The first-order valence-corrected chi connectivity index (χ1v) is 13.7. The zero-order valence-corrected chi connectivity index (χ0v) is 22.1. The van der Waals surface area contributed by atoms with Crippen LogP contribution in [0.4, 0.5) is 10.1 Å². The van der Waals surface area contributed by atoms with Gasteiger partial charge < -0.3 is 10.2 Å². The van der Waals surface area contributed by atoms with Gasteiger partial charge in [-0.2, -0.15) is 0 Å². The highest BCUT2D eigenvalue weighted by atomic mass is 35.5. The summed E-state index contributed by atoms with van der Waals surface area (Å²) in [6, 6.07) is 11.9. The third kappa shape index (κ3) is 8.81. The average molecular weight is 526 g/mol. The van der Waals surface area contributed by atoms with Gasteiger partial charge in [0.2, 0.25) is 21.8 Å². The summed E-state index contributed by atoms with van der Waals surface area (Å²) < 4.78 is 39.8. The average Bonchev–Trinajstić information content (AvgIpc) is 2.78. The third-order valence-corrected chi connectivity index (χ3v) is 6.78. The van der Waals surface area contributed by atoms with E-state index in [9.17, 15) is 22.4 Å². The number of anilines is 1. The number of benzene rings is 2. The largest absolute Gasteiger partial charge is 0.354 e. The normalized spacial score (nSPS) is 12.3. The van der Waals surface area contributed by atoms with Crippen LogP contribution < -0.4 is 9.62 Å². The van der Waals surface area contributed by atoms with Gasteiger partial charge in [0.1, 0.15) is 11.9 Å². The van der Waals surface area contributed by atoms with E-state index in [-0.39, 0.29) is 49.4 Å². The summed E-state index contributed by atoms with van der Waals surface area (Å²) in [7, 11) is -3.77. The Labute approximate surface area is 212 Å². The number of rotatable bonds is 12. The molecule has 0 saturated heterocycles. The molecular weight excluding hydrogens is 493 g/mol. The number of nitrogens with one attached hydrogen (secondary N) is 1. The number of carbonyl (C=O) groups is 2. The molecule has 1 N–H and O–H groups in total. The van der Waals surface area contributed by atoms with E-state index in [1.165, 1.54) is 23.1 Å². The number of para-hydroxylation sites is 1. The summed E-state index contributed by atoms with van der Waals surface area (Å²) in [4.78, 5) is 27.4. The van der Waals surface area contributed by atoms with Gasteiger partial charge in [-0.3, -0.25) is 13.9 Å². The van der Waals surface area contributed by atoms with Crippen LogP contribution in [0.5, 0.6) is 0 Å². The summed E-state index contributed by atoms with van der Waals surface area (Å²) in [5.41, 5.74) is 0.693. The first kappa shape index (κ1) is 28.6. The summed E-state index contributed by atoms with van der Waals surface area (Å²) in [5.74, 6) is -1.01. The Morgan fingerprint density at radius 2 is 1.77 bits per heavy atom. The van der Waals surface area contributed by atoms with Gasteiger partial charge in [-0.15, -0.1) is 0 Å². The Hall–Kier alpha value is -2.65. The molecule has 0 bridgehead atoms. The molecule has 1 unspecified atom stereocenters. The van der Waals surface area contributed by atoms with Gasteiger partial charge in [0.05, 0.1) is 11.9 Å². The number of nitrogens with zero attached hydrogens (tertiary/aromatic N) is 2. The van der Waals surface area contributed by atoms with Gasteiger partial charge >= 0.3 is 0 Å². The Balaban J connectivity index is 2.17. The van der Waals surface area contributed by atoms with Crippen molar-refractivity contribution in [2.45, 2.75) is 46.2 Å². The highest BCUT2D eigenvalue weighted by Crippen LogP contribution is 2.22. The maximum absolute atomic E-state index is 14.2. The predicted molar refractivity (Wildman–Crippen MR) is 137 cm³/mol. The van der Waals surface area contributed by atoms with Crippen LogP contribution in [-0.2, 0) is 26.2 Å². The third-order valence-electron chi connectivity index (χ3n) is 5.37. The molecule has 2 amide bonds. The summed E-state index contributed by atoms with van der Waals surface area (Å²) in [5, 5.41) is 3.36. The van der Waals surface area contributed by atoms with Crippen molar-refractivity contribution >= 4 is 39.1 Å². The smallest absolute Gasteiger partial charge is 0.242 e. The summed E-state index contributed by atoms with van der Waals surface area (Å²) >= 11 is 6.09. The van der Waals surface area contributed by atoms with Gasteiger partial charge in [-0.05, 0) is 49.1 Å². The Morgan fingerprint density at radius 3 is 2.37 bits per heavy atom. The Bertz CT molecular complexity index is 1130. The highest BCUT2D eigenvalue weighted by molar-refractivity contribution is 7.92. The summed E-state index contributed by atoms with van der Waals surface area (Å²) in [6.45, 7) is 6.17. The Kier molecular flexibility index (Phi) is 10.5. The second kappa shape index (κ2) is 12.9. The minimum absolute atomic E-state index is 0.0250. The SMILES string of the molecule is CC(C)CNC(=O)C(C)N(Cc1cccc(Cl)c1)C(=O)CCCN(c1ccccc1F)S(C)(=O)=O. The molecule has 192 valence electrons. The fourth-order valence-electron chi connectivity index (χ4n) is 3.50. The van der Waals surface area contributed by atoms with Crippen LogP contribution in [0.15, 0.2) is 48.5 Å². The van der Waals surface area contributed by atoms with Crippen molar-refractivity contribution in [3.63, 3.8) is 0 Å². The molecule has 7 nitrogen and oxygen atoms in total. The lowest BCUT2D eigenvalue weighted by Gasteiger charge is -2.29. The van der Waals surface area contributed by atoms with Crippen LogP contribution in [0.25, 0.3) is 0 Å². The fraction of sp³-hybridized carbons (Fsp3) is 0.440. The molecule has 0 aliphatic carbocycles. The number of hydrogen-bond donors (Lipinski definition) is 1. The first-order chi connectivity index (χ1) is 16.4. The summed E-state index contributed by atoms with van der Waals surface area (Å²) in [6.07, 6.45) is 1.11. The fourth-order valence-corrected chi connectivity index (χ4v) is 4.68. The predicted octanol–water partition coefficient (Wildman–Crippen LogP) is 4.21. The molecule has 0 saturated carbocycles. The molecule has 0 radical (unpaired) electrons. The topological polar surface area (TPSA) is 86.8 Å². The molecule has 2 aromatic carbocycles. The second-order valence-electron chi connectivity index (χ2n) is 8.86. The van der Waals surface area contributed by atoms with Crippen molar-refractivity contribution in [1.82, 2.24) is 10.2 Å². The van der Waals surface area contributed by atoms with Gasteiger partial charge in [-0.1, -0.05) is 49.7 Å². The van der Waals surface area contributed by atoms with Crippen molar-refractivity contribution in [3.05, 3.63) is 64.9 Å². The minimum atomic E-state index is -3.77. The molecule has 35 heavy (non-hydrogen) atoms. The maximum atomic E-state index is 14.2. The van der Waals surface area contributed by atoms with Crippen LogP contribution in [0.1, 0.15) is 39.2 Å². The lowest BCUT2D eigenvalue weighted by atomic mass is 10.1. The molecule has 2 rings (SSSR count). The van der Waals surface area contributed by atoms with Crippen molar-refractivity contribution in [2.75, 3.05) is 23.7 Å². The molecule has 2 aromatic rings. The zero-order valence-electron chi connectivity index (χ0n) is 20.5. The number of sulfonamides is 1. The molecule has 10 heteroatoms. The van der Waals surface area contributed by atoms with E-state index in [0.717, 1.165) is 16.1 Å². The monoisotopic (exact) mass is 525 g/mol. The van der Waals surface area contributed by atoms with E-state index in [4.69, 9.17) is 11.6 Å². The van der Waals surface area contributed by atoms with E-state index in [1.54, 1.807) is 31.2 Å². The number of hydrogen-bond acceptors (Lipinski definition) is 4. The molecule has 0 fully saturated rings. The quantitative estimate of drug-likeness (QED) is 0.449. The van der Waals surface area contributed by atoms with Crippen LogP contribution in [0.3, 0.4) is 0 Å². The number of carbonyl (C=O) groups excluding carboxylic acids is 2. The van der Waals surface area contributed by atoms with Gasteiger partial charge in [-0.25, -0.2) is 12.8 Å². The zero-order chi connectivity index (χ0) is 26.2. The lowest BCUT2D eigenvalue weighted by Crippen LogP contribution is -2.48. The van der Waals surface area contributed by atoms with Crippen molar-refractivity contribution in [3.8, 4) is 0 Å². The molecular formula is C25H33ClFN3O4S. The molecule has 0 aliphatic heterocycles. The van der Waals surface area contributed by atoms with E-state index >= 15 is 0 Å². The molecule has 1 atom stereocenters. The van der Waals surface area contributed by atoms with Crippen LogP contribution in [0, 0.1) is 11.7 Å². The Morgan fingerprint density at radius 1 is 1.09 bits per heavy atom. The van der Waals surface area contributed by atoms with Crippen LogP contribution in [-0.4, -0.2) is 50.5 Å². The van der Waals surface area contributed by atoms with Crippen LogP contribution in [0.2, 0.25) is 5.02 Å². The van der Waals surface area contributed by atoms with Gasteiger partial charge in [0.15, 0.2) is 0 Å². The molecule has 0 aliphatic rings. The van der Waals surface area contributed by atoms with Crippen LogP contribution >= 0.6 is 11.6 Å². The minimum Gasteiger partial charge on any atom is -0.354 e. The lowest BCUT2D eigenvalue weighted by molar-refractivity contribution is -0.140. The van der Waals surface area contributed by atoms with Crippen molar-refractivity contribution in [2.24, 2.45) is 5.92 Å². The highest BCUT2D eigenvalue weighted by Gasteiger charge is 2.27. The van der Waals surface area contributed by atoms with E-state index in [1.807, 2.05) is 19.9 Å². The number of amides is 2. The second-order valence-corrected chi connectivity index (χ2v) is 11.2. The van der Waals surface area contributed by atoms with E-state index in [2.05, 4.69) is 5.32 Å².